The van der Waals surface area contributed by atoms with Crippen LogP contribution in [-0.4, -0.2) is 97.6 Å². The maximum absolute atomic E-state index is 13.0. The molecule has 4 amide bonds. The maximum Gasteiger partial charge on any atom is 0.414 e. The number of anilines is 3. The fourth-order valence-electron chi connectivity index (χ4n) is 7.09. The van der Waals surface area contributed by atoms with Crippen molar-refractivity contribution in [3.8, 4) is 11.1 Å². The predicted molar refractivity (Wildman–Crippen MR) is 233 cm³/mol. The van der Waals surface area contributed by atoms with Crippen LogP contribution in [0.25, 0.3) is 11.1 Å². The van der Waals surface area contributed by atoms with Crippen LogP contribution in [0.4, 0.5) is 31.4 Å². The molecule has 0 aliphatic carbocycles. The Kier molecular flexibility index (Phi) is 15.9. The van der Waals surface area contributed by atoms with Gasteiger partial charge in [0.1, 0.15) is 11.7 Å². The fourth-order valence-corrected chi connectivity index (χ4v) is 7.09. The predicted octanol–water partition coefficient (Wildman–Crippen LogP) is 9.53. The van der Waals surface area contributed by atoms with E-state index in [0.29, 0.717) is 55.7 Å². The number of hydrogen-bond acceptors (Lipinski definition) is 7. The van der Waals surface area contributed by atoms with E-state index in [-0.39, 0.29) is 18.6 Å². The lowest BCUT2D eigenvalue weighted by Crippen LogP contribution is -2.42. The molecule has 0 bridgehead atoms. The largest absolute Gasteiger partial charge is 0.465 e. The molecule has 4 aromatic rings. The molecule has 2 N–H and O–H groups in total. The standard InChI is InChI=1S/C47H59N5O7/c1-47(2,3)59-46(57)50(5)38-24-25-42(37(34-38)33-35-17-9-6-10-18-35)52(45(55)56)28-16-8-13-23-43(53)49(4)31-32-51-29-26-39(27-30-51)58-44(54)48-41-22-15-14-21-40(41)36-19-11-7-12-20-36/h6-7,9-12,14-15,17-22,24-25,34,39H,8,13,16,23,26-33H2,1-5H3,(H,48,54)(H,55,56). The van der Waals surface area contributed by atoms with Gasteiger partial charge < -0.3 is 24.4 Å². The third kappa shape index (κ3) is 13.6. The lowest BCUT2D eigenvalue weighted by Gasteiger charge is -2.32. The molecule has 12 nitrogen and oxygen atoms in total. The molecular weight excluding hydrogens is 747 g/mol. The number of likely N-dealkylation sites (tertiary alicyclic amines) is 1. The van der Waals surface area contributed by atoms with Gasteiger partial charge in [0, 0.05) is 64.5 Å². The van der Waals surface area contributed by atoms with Crippen molar-refractivity contribution in [1.29, 1.82) is 0 Å². The Bertz CT molecular complexity index is 1990. The third-order valence-corrected chi connectivity index (χ3v) is 10.4. The molecule has 0 atom stereocenters. The Morgan fingerprint density at radius 2 is 1.47 bits per heavy atom. The first-order valence-electron chi connectivity index (χ1n) is 20.5. The molecule has 0 radical (unpaired) electrons. The molecule has 0 aromatic heterocycles. The number of carbonyl (C=O) groups is 4. The SMILES string of the molecule is CN(CCN1CCC(OC(=O)Nc2ccccc2-c2ccccc2)CC1)C(=O)CCCCCN(C(=O)O)c1ccc(N(C)C(=O)OC(C)(C)C)cc1Cc1ccccc1. The van der Waals surface area contributed by atoms with Gasteiger partial charge in [0.05, 0.1) is 11.4 Å². The Morgan fingerprint density at radius 1 is 0.814 bits per heavy atom. The van der Waals surface area contributed by atoms with Crippen molar-refractivity contribution < 1.29 is 33.8 Å². The number of ether oxygens (including phenoxy) is 2. The smallest absolute Gasteiger partial charge is 0.414 e. The van der Waals surface area contributed by atoms with Crippen LogP contribution in [0.15, 0.2) is 103 Å². The van der Waals surface area contributed by atoms with Gasteiger partial charge in [-0.05, 0) is 93.8 Å². The fraction of sp³-hybridized carbons (Fsp3) is 0.404. The molecule has 12 heteroatoms. The van der Waals surface area contributed by atoms with Crippen molar-refractivity contribution in [2.45, 2.75) is 77.4 Å². The molecule has 59 heavy (non-hydrogen) atoms. The number of piperidine rings is 1. The highest BCUT2D eigenvalue weighted by molar-refractivity contribution is 5.92. The summed E-state index contributed by atoms with van der Waals surface area (Å²) in [5.74, 6) is 0.0561. The summed E-state index contributed by atoms with van der Waals surface area (Å²) in [5.41, 5.74) is 4.93. The van der Waals surface area contributed by atoms with Crippen molar-refractivity contribution >= 4 is 41.2 Å². The number of benzene rings is 4. The van der Waals surface area contributed by atoms with E-state index in [1.165, 1.54) is 9.80 Å². The maximum atomic E-state index is 13.0. The van der Waals surface area contributed by atoms with Gasteiger partial charge in [-0.25, -0.2) is 14.4 Å². The van der Waals surface area contributed by atoms with Gasteiger partial charge in [-0.1, -0.05) is 85.3 Å². The zero-order valence-corrected chi connectivity index (χ0v) is 35.1. The minimum absolute atomic E-state index is 0.0561. The van der Waals surface area contributed by atoms with E-state index in [9.17, 15) is 24.3 Å². The molecule has 5 rings (SSSR count). The number of carbonyl (C=O) groups excluding carboxylic acids is 3. The molecule has 0 unspecified atom stereocenters. The first-order valence-corrected chi connectivity index (χ1v) is 20.5. The summed E-state index contributed by atoms with van der Waals surface area (Å²) < 4.78 is 11.3. The quantitative estimate of drug-likeness (QED) is 0.107. The molecular formula is C47H59N5O7. The highest BCUT2D eigenvalue weighted by Gasteiger charge is 2.25. The highest BCUT2D eigenvalue weighted by atomic mass is 16.6. The van der Waals surface area contributed by atoms with Crippen LogP contribution in [0.5, 0.6) is 0 Å². The molecule has 1 saturated heterocycles. The van der Waals surface area contributed by atoms with Crippen LogP contribution in [0, 0.1) is 0 Å². The Morgan fingerprint density at radius 3 is 2.15 bits per heavy atom. The number of amides is 4. The number of hydrogen-bond donors (Lipinski definition) is 2. The molecule has 1 aliphatic rings. The number of unbranched alkanes of at least 4 members (excludes halogenated alkanes) is 2. The van der Waals surface area contributed by atoms with Crippen LogP contribution in [0.3, 0.4) is 0 Å². The molecule has 314 valence electrons. The summed E-state index contributed by atoms with van der Waals surface area (Å²) >= 11 is 0. The van der Waals surface area contributed by atoms with Crippen LogP contribution >= 0.6 is 0 Å². The second-order valence-corrected chi connectivity index (χ2v) is 16.1. The number of nitrogens with one attached hydrogen (secondary N) is 1. The Hall–Kier alpha value is -5.88. The zero-order valence-electron chi connectivity index (χ0n) is 35.1. The Balaban J connectivity index is 1.04. The normalized spacial score (nSPS) is 13.3. The summed E-state index contributed by atoms with van der Waals surface area (Å²) in [4.78, 5) is 58.1. The first kappa shape index (κ1) is 44.2. The topological polar surface area (TPSA) is 132 Å². The average Bonchev–Trinajstić information content (AvgIpc) is 3.21. The molecule has 1 heterocycles. The van der Waals surface area contributed by atoms with Gasteiger partial charge in [-0.15, -0.1) is 0 Å². The lowest BCUT2D eigenvalue weighted by molar-refractivity contribution is -0.130. The van der Waals surface area contributed by atoms with E-state index in [2.05, 4.69) is 10.2 Å². The molecule has 4 aromatic carbocycles. The van der Waals surface area contributed by atoms with Crippen LogP contribution in [-0.2, 0) is 20.7 Å². The van der Waals surface area contributed by atoms with E-state index < -0.39 is 23.9 Å². The van der Waals surface area contributed by atoms with Crippen LogP contribution < -0.4 is 15.1 Å². The van der Waals surface area contributed by atoms with E-state index in [1.807, 2.05) is 119 Å². The minimum atomic E-state index is -1.06. The van der Waals surface area contributed by atoms with Crippen molar-refractivity contribution in [1.82, 2.24) is 9.80 Å². The van der Waals surface area contributed by atoms with Crippen LogP contribution in [0.1, 0.15) is 70.4 Å². The number of carboxylic acid groups (broad SMARTS) is 1. The number of likely N-dealkylation sites (N-methyl/N-ethyl adjacent to an activating group) is 1. The lowest BCUT2D eigenvalue weighted by atomic mass is 10.0. The number of rotatable bonds is 16. The van der Waals surface area contributed by atoms with Gasteiger partial charge in [0.15, 0.2) is 0 Å². The summed E-state index contributed by atoms with van der Waals surface area (Å²) in [6.07, 6.45) is 2.03. The van der Waals surface area contributed by atoms with Crippen molar-refractivity contribution in [3.63, 3.8) is 0 Å². The summed E-state index contributed by atoms with van der Waals surface area (Å²) in [5, 5.41) is 13.2. The third-order valence-electron chi connectivity index (χ3n) is 10.4. The van der Waals surface area contributed by atoms with Crippen molar-refractivity contribution in [2.24, 2.45) is 0 Å². The number of nitrogens with zero attached hydrogens (tertiary/aromatic N) is 4. The van der Waals surface area contributed by atoms with Gasteiger partial charge in [0.25, 0.3) is 0 Å². The second-order valence-electron chi connectivity index (χ2n) is 16.1. The van der Waals surface area contributed by atoms with Gasteiger partial charge in [-0.2, -0.15) is 0 Å². The van der Waals surface area contributed by atoms with Gasteiger partial charge in [-0.3, -0.25) is 19.9 Å². The average molecular weight is 806 g/mol. The minimum Gasteiger partial charge on any atom is -0.465 e. The van der Waals surface area contributed by atoms with E-state index in [1.54, 1.807) is 24.1 Å². The number of para-hydroxylation sites is 1. The van der Waals surface area contributed by atoms with Gasteiger partial charge in [0.2, 0.25) is 5.91 Å². The van der Waals surface area contributed by atoms with E-state index in [0.717, 1.165) is 54.7 Å². The molecule has 0 saturated carbocycles. The van der Waals surface area contributed by atoms with Crippen LogP contribution in [0.2, 0.25) is 0 Å². The molecule has 1 fully saturated rings. The second kappa shape index (κ2) is 21.2. The van der Waals surface area contributed by atoms with E-state index in [4.69, 9.17) is 9.47 Å². The zero-order chi connectivity index (χ0) is 42.4. The summed E-state index contributed by atoms with van der Waals surface area (Å²) in [6.45, 7) is 8.57. The first-order chi connectivity index (χ1) is 28.3. The summed E-state index contributed by atoms with van der Waals surface area (Å²) in [7, 11) is 3.46. The van der Waals surface area contributed by atoms with Crippen molar-refractivity contribution in [3.05, 3.63) is 114 Å². The Labute approximate surface area is 348 Å². The molecule has 0 spiro atoms. The van der Waals surface area contributed by atoms with Gasteiger partial charge >= 0.3 is 18.3 Å². The highest BCUT2D eigenvalue weighted by Crippen LogP contribution is 2.31. The monoisotopic (exact) mass is 805 g/mol. The van der Waals surface area contributed by atoms with E-state index >= 15 is 0 Å². The molecule has 1 aliphatic heterocycles. The summed E-state index contributed by atoms with van der Waals surface area (Å²) in [6, 6.07) is 32.7. The van der Waals surface area contributed by atoms with Crippen molar-refractivity contribution in [2.75, 3.05) is 61.9 Å².